The van der Waals surface area contributed by atoms with Gasteiger partial charge in [0.1, 0.15) is 5.82 Å². The van der Waals surface area contributed by atoms with E-state index in [0.717, 1.165) is 32.0 Å². The lowest BCUT2D eigenvalue weighted by atomic mass is 10.2. The first-order chi connectivity index (χ1) is 9.65. The lowest BCUT2D eigenvalue weighted by Crippen LogP contribution is -2.49. The first-order valence-corrected chi connectivity index (χ1v) is 6.58. The number of carbonyl (C=O) groups excluding carboxylic acids is 1. The van der Waals surface area contributed by atoms with Gasteiger partial charge in [0.05, 0.1) is 24.8 Å². The van der Waals surface area contributed by atoms with Crippen LogP contribution in [0.25, 0.3) is 0 Å². The van der Waals surface area contributed by atoms with E-state index in [9.17, 15) is 4.79 Å². The summed E-state index contributed by atoms with van der Waals surface area (Å²) in [5.41, 5.74) is 0.505. The topological polar surface area (TPSA) is 69.5 Å². The molecular weight excluding hydrogens is 256 g/mol. The van der Waals surface area contributed by atoms with E-state index >= 15 is 0 Å². The van der Waals surface area contributed by atoms with Crippen LogP contribution in [0.15, 0.2) is 18.3 Å². The number of rotatable bonds is 3. The van der Waals surface area contributed by atoms with E-state index in [1.807, 2.05) is 6.92 Å². The second-order valence-electron chi connectivity index (χ2n) is 4.72. The molecule has 2 rings (SSSR count). The monoisotopic (exact) mass is 274 g/mol. The van der Waals surface area contributed by atoms with Gasteiger partial charge in [-0.05, 0) is 19.1 Å². The Morgan fingerprint density at radius 3 is 2.75 bits per heavy atom. The quantitative estimate of drug-likeness (QED) is 0.763. The number of esters is 1. The third-order valence-electron chi connectivity index (χ3n) is 3.54. The summed E-state index contributed by atoms with van der Waals surface area (Å²) < 4.78 is 4.71. The number of hydrogen-bond donors (Lipinski definition) is 0. The highest BCUT2D eigenvalue weighted by atomic mass is 16.5. The molecule has 1 aliphatic heterocycles. The predicted molar refractivity (Wildman–Crippen MR) is 74.4 cm³/mol. The Morgan fingerprint density at radius 2 is 2.15 bits per heavy atom. The number of methoxy groups -OCH3 is 1. The summed E-state index contributed by atoms with van der Waals surface area (Å²) in [7, 11) is 1.37. The minimum atomic E-state index is -0.356. The first-order valence-electron chi connectivity index (χ1n) is 6.58. The highest BCUT2D eigenvalue weighted by Gasteiger charge is 2.22. The lowest BCUT2D eigenvalue weighted by molar-refractivity contribution is 0.0600. The smallest absolute Gasteiger partial charge is 0.338 e. The van der Waals surface area contributed by atoms with Gasteiger partial charge in [0, 0.05) is 32.4 Å². The highest BCUT2D eigenvalue weighted by Crippen LogP contribution is 2.16. The molecular formula is C14H18N4O2. The van der Waals surface area contributed by atoms with Gasteiger partial charge in [-0.1, -0.05) is 0 Å². The summed E-state index contributed by atoms with van der Waals surface area (Å²) in [6.07, 6.45) is 1.62. The average molecular weight is 274 g/mol. The largest absolute Gasteiger partial charge is 0.465 e. The van der Waals surface area contributed by atoms with Crippen LogP contribution in [-0.4, -0.2) is 55.2 Å². The van der Waals surface area contributed by atoms with Gasteiger partial charge in [0.2, 0.25) is 0 Å². The molecule has 1 atom stereocenters. The summed E-state index contributed by atoms with van der Waals surface area (Å²) >= 11 is 0. The zero-order valence-corrected chi connectivity index (χ0v) is 11.7. The number of carbonyl (C=O) groups is 1. The van der Waals surface area contributed by atoms with E-state index in [-0.39, 0.29) is 12.0 Å². The number of anilines is 1. The van der Waals surface area contributed by atoms with Gasteiger partial charge >= 0.3 is 5.97 Å². The van der Waals surface area contributed by atoms with Crippen LogP contribution < -0.4 is 4.90 Å². The molecule has 1 aromatic heterocycles. The van der Waals surface area contributed by atoms with Gasteiger partial charge < -0.3 is 9.64 Å². The normalized spacial score (nSPS) is 17.4. The Hall–Kier alpha value is -2.13. The summed E-state index contributed by atoms with van der Waals surface area (Å²) in [5.74, 6) is 0.419. The summed E-state index contributed by atoms with van der Waals surface area (Å²) in [6, 6.07) is 5.58. The zero-order valence-electron chi connectivity index (χ0n) is 11.7. The fraction of sp³-hybridized carbons (Fsp3) is 0.500. The summed E-state index contributed by atoms with van der Waals surface area (Å²) in [5, 5.41) is 8.93. The van der Waals surface area contributed by atoms with Crippen LogP contribution in [0.5, 0.6) is 0 Å². The van der Waals surface area contributed by atoms with Gasteiger partial charge in [0.15, 0.2) is 0 Å². The molecule has 20 heavy (non-hydrogen) atoms. The Morgan fingerprint density at radius 1 is 1.45 bits per heavy atom. The van der Waals surface area contributed by atoms with Crippen LogP contribution in [0.1, 0.15) is 17.3 Å². The molecule has 1 saturated heterocycles. The molecule has 0 aromatic carbocycles. The molecule has 0 N–H and O–H groups in total. The number of pyridine rings is 1. The van der Waals surface area contributed by atoms with E-state index in [2.05, 4.69) is 20.9 Å². The maximum Gasteiger partial charge on any atom is 0.338 e. The fourth-order valence-corrected chi connectivity index (χ4v) is 2.26. The molecule has 1 unspecified atom stereocenters. The van der Waals surface area contributed by atoms with Gasteiger partial charge in [-0.3, -0.25) is 4.90 Å². The van der Waals surface area contributed by atoms with Crippen molar-refractivity contribution in [1.29, 1.82) is 5.26 Å². The third kappa shape index (κ3) is 3.06. The minimum absolute atomic E-state index is 0.0634. The van der Waals surface area contributed by atoms with Crippen LogP contribution in [0, 0.1) is 11.3 Å². The molecule has 106 valence electrons. The number of hydrogen-bond acceptors (Lipinski definition) is 6. The van der Waals surface area contributed by atoms with Crippen molar-refractivity contribution in [2.45, 2.75) is 13.0 Å². The molecule has 0 aliphatic carbocycles. The third-order valence-corrected chi connectivity index (χ3v) is 3.54. The number of aromatic nitrogens is 1. The molecule has 0 radical (unpaired) electrons. The molecule has 2 heterocycles. The Bertz CT molecular complexity index is 518. The fourth-order valence-electron chi connectivity index (χ4n) is 2.26. The van der Waals surface area contributed by atoms with Gasteiger partial charge in [-0.2, -0.15) is 5.26 Å². The van der Waals surface area contributed by atoms with Gasteiger partial charge in [-0.25, -0.2) is 9.78 Å². The SMILES string of the molecule is COC(=O)c1ccnc(N2CCN(C(C)C#N)CC2)c1. The second kappa shape index (κ2) is 6.35. The predicted octanol–water partition coefficient (Wildman–Crippen LogP) is 0.902. The number of nitrogens with zero attached hydrogens (tertiary/aromatic N) is 4. The second-order valence-corrected chi connectivity index (χ2v) is 4.72. The van der Waals surface area contributed by atoms with Crippen LogP contribution in [0.4, 0.5) is 5.82 Å². The van der Waals surface area contributed by atoms with Crippen LogP contribution in [-0.2, 0) is 4.74 Å². The molecule has 6 heteroatoms. The first kappa shape index (κ1) is 14.3. The Kier molecular flexibility index (Phi) is 4.53. The molecule has 0 amide bonds. The molecule has 0 bridgehead atoms. The van der Waals surface area contributed by atoms with Crippen LogP contribution in [0.3, 0.4) is 0 Å². The number of ether oxygens (including phenoxy) is 1. The standard InChI is InChI=1S/C14H18N4O2/c1-11(10-15)17-5-7-18(8-6-17)13-9-12(3-4-16-13)14(19)20-2/h3-4,9,11H,5-8H2,1-2H3. The van der Waals surface area contributed by atoms with E-state index in [1.165, 1.54) is 7.11 Å². The van der Waals surface area contributed by atoms with Crippen molar-refractivity contribution in [2.24, 2.45) is 0 Å². The van der Waals surface area contributed by atoms with Crippen molar-refractivity contribution < 1.29 is 9.53 Å². The van der Waals surface area contributed by atoms with E-state index in [4.69, 9.17) is 10.00 Å². The molecule has 1 fully saturated rings. The molecule has 1 aliphatic rings. The van der Waals surface area contributed by atoms with Crippen molar-refractivity contribution in [3.8, 4) is 6.07 Å². The molecule has 1 aromatic rings. The number of piperazine rings is 1. The van der Waals surface area contributed by atoms with E-state index in [0.29, 0.717) is 5.56 Å². The maximum absolute atomic E-state index is 11.5. The molecule has 0 spiro atoms. The van der Waals surface area contributed by atoms with Crippen molar-refractivity contribution >= 4 is 11.8 Å². The van der Waals surface area contributed by atoms with E-state index < -0.39 is 0 Å². The van der Waals surface area contributed by atoms with Crippen molar-refractivity contribution in [1.82, 2.24) is 9.88 Å². The maximum atomic E-state index is 11.5. The summed E-state index contributed by atoms with van der Waals surface area (Å²) in [6.45, 7) is 5.14. The number of nitriles is 1. The lowest BCUT2D eigenvalue weighted by Gasteiger charge is -2.36. The van der Waals surface area contributed by atoms with Crippen molar-refractivity contribution in [2.75, 3.05) is 38.2 Å². The van der Waals surface area contributed by atoms with Crippen molar-refractivity contribution in [3.05, 3.63) is 23.9 Å². The van der Waals surface area contributed by atoms with Gasteiger partial charge in [0.25, 0.3) is 0 Å². The summed E-state index contributed by atoms with van der Waals surface area (Å²) in [4.78, 5) is 20.1. The zero-order chi connectivity index (χ0) is 14.5. The Balaban J connectivity index is 2.04. The van der Waals surface area contributed by atoms with Crippen molar-refractivity contribution in [3.63, 3.8) is 0 Å². The van der Waals surface area contributed by atoms with Crippen LogP contribution >= 0.6 is 0 Å². The Labute approximate surface area is 118 Å². The molecule has 6 nitrogen and oxygen atoms in total. The van der Waals surface area contributed by atoms with Gasteiger partial charge in [-0.15, -0.1) is 0 Å². The van der Waals surface area contributed by atoms with Crippen LogP contribution in [0.2, 0.25) is 0 Å². The highest BCUT2D eigenvalue weighted by molar-refractivity contribution is 5.90. The molecule has 0 saturated carbocycles. The average Bonchev–Trinajstić information content (AvgIpc) is 2.53. The minimum Gasteiger partial charge on any atom is -0.465 e. The van der Waals surface area contributed by atoms with E-state index in [1.54, 1.807) is 18.3 Å².